The van der Waals surface area contributed by atoms with E-state index in [0.29, 0.717) is 31.6 Å². The van der Waals surface area contributed by atoms with E-state index in [-0.39, 0.29) is 35.6 Å². The van der Waals surface area contributed by atoms with Gasteiger partial charge in [-0.05, 0) is 44.9 Å². The average Bonchev–Trinajstić information content (AvgIpc) is 3.13. The van der Waals surface area contributed by atoms with Gasteiger partial charge in [-0.25, -0.2) is 0 Å². The number of amides is 3. The Hall–Kier alpha value is -2.73. The molecule has 6 nitrogen and oxygen atoms in total. The third kappa shape index (κ3) is 9.74. The highest BCUT2D eigenvalue weighted by Gasteiger charge is 2.39. The van der Waals surface area contributed by atoms with Gasteiger partial charge in [0.1, 0.15) is 5.76 Å². The highest BCUT2D eigenvalue weighted by atomic mass is 16.5. The maximum atomic E-state index is 13.0. The summed E-state index contributed by atoms with van der Waals surface area (Å²) in [7, 11) is 1.52. The van der Waals surface area contributed by atoms with E-state index < -0.39 is 0 Å². The number of ether oxygens (including phenoxy) is 1. The molecule has 0 aromatic heterocycles. The molecule has 0 unspecified atom stereocenters. The lowest BCUT2D eigenvalue weighted by atomic mass is 10.00. The van der Waals surface area contributed by atoms with Gasteiger partial charge in [0.05, 0.1) is 13.2 Å². The molecular weight excluding hydrogens is 416 g/mol. The van der Waals surface area contributed by atoms with Crippen molar-refractivity contribution in [1.82, 2.24) is 10.2 Å². The van der Waals surface area contributed by atoms with E-state index in [1.165, 1.54) is 18.1 Å². The SMILES string of the molecule is C#CCCCC[C@@H](C)C(=O)NCCCC[C@@H]1C(OC)=CC(=O)N1C(=O)[C@H](C)CCCCC#C. The number of rotatable bonds is 16. The Morgan fingerprint density at radius 1 is 1.03 bits per heavy atom. The molecule has 0 aromatic carbocycles. The van der Waals surface area contributed by atoms with E-state index in [1.807, 2.05) is 13.8 Å². The van der Waals surface area contributed by atoms with Gasteiger partial charge in [-0.2, -0.15) is 0 Å². The van der Waals surface area contributed by atoms with Crippen LogP contribution in [-0.4, -0.2) is 42.3 Å². The molecule has 33 heavy (non-hydrogen) atoms. The Labute approximate surface area is 199 Å². The van der Waals surface area contributed by atoms with Crippen LogP contribution < -0.4 is 5.32 Å². The highest BCUT2D eigenvalue weighted by Crippen LogP contribution is 2.27. The number of unbranched alkanes of at least 4 members (excludes halogenated alkanes) is 5. The molecule has 0 spiro atoms. The highest BCUT2D eigenvalue weighted by molar-refractivity contribution is 6.04. The van der Waals surface area contributed by atoms with Gasteiger partial charge >= 0.3 is 0 Å². The Morgan fingerprint density at radius 2 is 1.64 bits per heavy atom. The molecule has 0 saturated heterocycles. The zero-order chi connectivity index (χ0) is 24.6. The van der Waals surface area contributed by atoms with Crippen LogP contribution in [0.5, 0.6) is 0 Å². The van der Waals surface area contributed by atoms with Gasteiger partial charge in [-0.15, -0.1) is 24.7 Å². The Morgan fingerprint density at radius 3 is 2.21 bits per heavy atom. The smallest absolute Gasteiger partial charge is 0.257 e. The number of carbonyl (C=O) groups excluding carboxylic acids is 3. The Kier molecular flexibility index (Phi) is 13.7. The molecule has 0 radical (unpaired) electrons. The van der Waals surface area contributed by atoms with Gasteiger partial charge in [0, 0.05) is 37.3 Å². The quantitative estimate of drug-likeness (QED) is 0.279. The molecule has 182 valence electrons. The van der Waals surface area contributed by atoms with Crippen LogP contribution in [0.2, 0.25) is 0 Å². The molecule has 0 saturated carbocycles. The fourth-order valence-corrected chi connectivity index (χ4v) is 3.99. The molecule has 3 amide bonds. The fourth-order valence-electron chi connectivity index (χ4n) is 3.99. The number of hydrogen-bond acceptors (Lipinski definition) is 4. The van der Waals surface area contributed by atoms with Gasteiger partial charge in [0.25, 0.3) is 5.91 Å². The molecule has 0 aromatic rings. The second kappa shape index (κ2) is 16.0. The summed E-state index contributed by atoms with van der Waals surface area (Å²) in [6, 6.07) is -0.381. The minimum atomic E-state index is -0.381. The first-order chi connectivity index (χ1) is 15.9. The number of hydrogen-bond donors (Lipinski definition) is 1. The topological polar surface area (TPSA) is 75.7 Å². The van der Waals surface area contributed by atoms with Crippen molar-refractivity contribution in [3.05, 3.63) is 11.8 Å². The summed E-state index contributed by atoms with van der Waals surface area (Å²) in [6.45, 7) is 4.36. The van der Waals surface area contributed by atoms with Crippen LogP contribution in [0, 0.1) is 36.5 Å². The van der Waals surface area contributed by atoms with Crippen molar-refractivity contribution in [2.75, 3.05) is 13.7 Å². The largest absolute Gasteiger partial charge is 0.499 e. The Bertz CT molecular complexity index is 759. The van der Waals surface area contributed by atoms with Gasteiger partial charge < -0.3 is 10.1 Å². The van der Waals surface area contributed by atoms with Crippen LogP contribution in [0.4, 0.5) is 0 Å². The van der Waals surface area contributed by atoms with E-state index in [4.69, 9.17) is 17.6 Å². The van der Waals surface area contributed by atoms with Crippen LogP contribution >= 0.6 is 0 Å². The molecule has 0 aliphatic carbocycles. The predicted octanol–water partition coefficient (Wildman–Crippen LogP) is 4.20. The number of methoxy groups -OCH3 is 1. The minimum absolute atomic E-state index is 0.0338. The van der Waals surface area contributed by atoms with Crippen LogP contribution in [-0.2, 0) is 19.1 Å². The first-order valence-corrected chi connectivity index (χ1v) is 12.1. The summed E-state index contributed by atoms with van der Waals surface area (Å²) in [5, 5.41) is 2.98. The summed E-state index contributed by atoms with van der Waals surface area (Å²) in [6.07, 6.45) is 20.7. The van der Waals surface area contributed by atoms with Gasteiger partial charge in [-0.1, -0.05) is 26.7 Å². The van der Waals surface area contributed by atoms with E-state index in [1.54, 1.807) is 0 Å². The molecule has 1 N–H and O–H groups in total. The zero-order valence-corrected chi connectivity index (χ0v) is 20.5. The van der Waals surface area contributed by atoms with Crippen LogP contribution in [0.3, 0.4) is 0 Å². The summed E-state index contributed by atoms with van der Waals surface area (Å²) < 4.78 is 5.39. The number of imide groups is 1. The maximum absolute atomic E-state index is 13.0. The third-order valence-electron chi connectivity index (χ3n) is 6.11. The third-order valence-corrected chi connectivity index (χ3v) is 6.11. The van der Waals surface area contributed by atoms with Crippen LogP contribution in [0.1, 0.15) is 84.5 Å². The van der Waals surface area contributed by atoms with E-state index in [0.717, 1.165) is 51.4 Å². The lowest BCUT2D eigenvalue weighted by Crippen LogP contribution is -2.43. The van der Waals surface area contributed by atoms with Crippen molar-refractivity contribution in [3.63, 3.8) is 0 Å². The van der Waals surface area contributed by atoms with Crippen LogP contribution in [0.15, 0.2) is 11.8 Å². The molecule has 3 atom stereocenters. The first kappa shape index (κ1) is 28.3. The van der Waals surface area contributed by atoms with Gasteiger partial charge in [0.2, 0.25) is 11.8 Å². The van der Waals surface area contributed by atoms with Crippen molar-refractivity contribution in [2.24, 2.45) is 11.8 Å². The van der Waals surface area contributed by atoms with Crippen LogP contribution in [0.25, 0.3) is 0 Å². The molecule has 1 aliphatic rings. The number of nitrogens with one attached hydrogen (secondary N) is 1. The molecule has 1 heterocycles. The second-order valence-corrected chi connectivity index (χ2v) is 8.80. The van der Waals surface area contributed by atoms with E-state index in [9.17, 15) is 14.4 Å². The molecule has 0 fully saturated rings. The standard InChI is InChI=1S/C27H40N2O4/c1-6-8-10-12-16-21(3)26(31)28-19-15-14-18-23-24(33-5)20-25(30)29(23)27(32)22(4)17-13-11-9-7-2/h1-2,20-23H,8-19H2,3-5H3,(H,28,31)/t21-,22-,23-/m1/s1. The van der Waals surface area contributed by atoms with Gasteiger partial charge in [-0.3, -0.25) is 19.3 Å². The molecule has 6 heteroatoms. The minimum Gasteiger partial charge on any atom is -0.499 e. The monoisotopic (exact) mass is 456 g/mol. The number of nitrogens with zero attached hydrogens (tertiary/aromatic N) is 1. The Balaban J connectivity index is 2.47. The normalized spacial score (nSPS) is 17.0. The predicted molar refractivity (Wildman–Crippen MR) is 131 cm³/mol. The fraction of sp³-hybridized carbons (Fsp3) is 0.667. The molecular formula is C27H40N2O4. The van der Waals surface area contributed by atoms with Crippen molar-refractivity contribution in [1.29, 1.82) is 0 Å². The second-order valence-electron chi connectivity index (χ2n) is 8.80. The summed E-state index contributed by atoms with van der Waals surface area (Å²) in [4.78, 5) is 39.1. The van der Waals surface area contributed by atoms with Crippen molar-refractivity contribution in [3.8, 4) is 24.7 Å². The number of carbonyl (C=O) groups is 3. The summed E-state index contributed by atoms with van der Waals surface area (Å²) >= 11 is 0. The maximum Gasteiger partial charge on any atom is 0.257 e. The van der Waals surface area contributed by atoms with Crippen molar-refractivity contribution >= 4 is 17.7 Å². The molecule has 1 rings (SSSR count). The van der Waals surface area contributed by atoms with E-state index in [2.05, 4.69) is 17.2 Å². The first-order valence-electron chi connectivity index (χ1n) is 12.1. The van der Waals surface area contributed by atoms with Gasteiger partial charge in [0.15, 0.2) is 0 Å². The zero-order valence-electron chi connectivity index (χ0n) is 20.5. The van der Waals surface area contributed by atoms with Crippen molar-refractivity contribution in [2.45, 2.75) is 90.5 Å². The van der Waals surface area contributed by atoms with Crippen molar-refractivity contribution < 1.29 is 19.1 Å². The lowest BCUT2D eigenvalue weighted by Gasteiger charge is -2.27. The summed E-state index contributed by atoms with van der Waals surface area (Å²) in [5.74, 6) is 5.04. The summed E-state index contributed by atoms with van der Waals surface area (Å²) in [5.41, 5.74) is 0. The van der Waals surface area contributed by atoms with E-state index >= 15 is 0 Å². The number of terminal acetylenes is 2. The lowest BCUT2D eigenvalue weighted by molar-refractivity contribution is -0.146. The molecule has 1 aliphatic heterocycles. The molecule has 0 bridgehead atoms. The average molecular weight is 457 g/mol.